The van der Waals surface area contributed by atoms with Gasteiger partial charge in [0, 0.05) is 6.42 Å². The van der Waals surface area contributed by atoms with Crippen LogP contribution in [0.4, 0.5) is 0 Å². The van der Waals surface area contributed by atoms with Crippen LogP contribution in [-0.4, -0.2) is 0 Å². The van der Waals surface area contributed by atoms with E-state index in [1.54, 1.807) is 6.26 Å². The fourth-order valence-electron chi connectivity index (χ4n) is 1.31. The van der Waals surface area contributed by atoms with Crippen LogP contribution in [0.15, 0.2) is 47.1 Å². The number of rotatable bonds is 3. The minimum Gasteiger partial charge on any atom is -0.469 e. The lowest BCUT2D eigenvalue weighted by atomic mass is 10.1. The molecule has 0 amide bonds. The van der Waals surface area contributed by atoms with Gasteiger partial charge in [-0.2, -0.15) is 0 Å². The van der Waals surface area contributed by atoms with E-state index < -0.39 is 0 Å². The SMILES string of the molecule is [c]1ccc(CCc2ccco2)cc1. The molecule has 0 atom stereocenters. The van der Waals surface area contributed by atoms with Crippen LogP contribution < -0.4 is 0 Å². The molecule has 1 radical (unpaired) electrons. The molecule has 0 unspecified atom stereocenters. The van der Waals surface area contributed by atoms with Crippen LogP contribution in [0, 0.1) is 6.07 Å². The van der Waals surface area contributed by atoms with Crippen molar-refractivity contribution in [3.63, 3.8) is 0 Å². The maximum absolute atomic E-state index is 5.25. The number of hydrogen-bond donors (Lipinski definition) is 0. The van der Waals surface area contributed by atoms with Crippen molar-refractivity contribution in [2.24, 2.45) is 0 Å². The van der Waals surface area contributed by atoms with Crippen molar-refractivity contribution in [3.05, 3.63) is 60.1 Å². The Morgan fingerprint density at radius 2 is 1.92 bits per heavy atom. The van der Waals surface area contributed by atoms with Gasteiger partial charge in [-0.3, -0.25) is 0 Å². The summed E-state index contributed by atoms with van der Waals surface area (Å²) in [5, 5.41) is 0. The molecule has 13 heavy (non-hydrogen) atoms. The molecule has 1 aromatic heterocycles. The van der Waals surface area contributed by atoms with Crippen LogP contribution in [0.3, 0.4) is 0 Å². The summed E-state index contributed by atoms with van der Waals surface area (Å²) in [7, 11) is 0. The molecule has 0 fully saturated rings. The summed E-state index contributed by atoms with van der Waals surface area (Å²) >= 11 is 0. The smallest absolute Gasteiger partial charge is 0.104 e. The molecular formula is C12H11O. The van der Waals surface area contributed by atoms with E-state index in [0.29, 0.717) is 0 Å². The fraction of sp³-hybridized carbons (Fsp3) is 0.167. The van der Waals surface area contributed by atoms with E-state index >= 15 is 0 Å². The minimum absolute atomic E-state index is 0.969. The van der Waals surface area contributed by atoms with Gasteiger partial charge < -0.3 is 4.42 Å². The predicted molar refractivity (Wildman–Crippen MR) is 51.4 cm³/mol. The van der Waals surface area contributed by atoms with Gasteiger partial charge in [0.2, 0.25) is 0 Å². The Labute approximate surface area is 78.0 Å². The zero-order valence-electron chi connectivity index (χ0n) is 7.36. The molecule has 1 heterocycles. The Kier molecular flexibility index (Phi) is 2.46. The molecule has 0 aliphatic carbocycles. The van der Waals surface area contributed by atoms with Gasteiger partial charge >= 0.3 is 0 Å². The van der Waals surface area contributed by atoms with Crippen molar-refractivity contribution in [2.45, 2.75) is 12.8 Å². The van der Waals surface area contributed by atoms with Gasteiger partial charge in [-0.25, -0.2) is 0 Å². The van der Waals surface area contributed by atoms with E-state index in [0.717, 1.165) is 18.6 Å². The second kappa shape index (κ2) is 3.94. The Bertz CT molecular complexity index is 335. The van der Waals surface area contributed by atoms with Crippen LogP contribution >= 0.6 is 0 Å². The maximum atomic E-state index is 5.25. The molecule has 1 nitrogen and oxygen atoms in total. The number of benzene rings is 1. The molecule has 0 aliphatic heterocycles. The van der Waals surface area contributed by atoms with Crippen LogP contribution in [0.2, 0.25) is 0 Å². The van der Waals surface area contributed by atoms with Gasteiger partial charge in [0.05, 0.1) is 6.26 Å². The molecule has 1 heteroatoms. The van der Waals surface area contributed by atoms with Gasteiger partial charge in [0.15, 0.2) is 0 Å². The zero-order chi connectivity index (χ0) is 8.93. The Hall–Kier alpha value is -1.50. The summed E-state index contributed by atoms with van der Waals surface area (Å²) in [6.45, 7) is 0. The average Bonchev–Trinajstić information content (AvgIpc) is 2.69. The van der Waals surface area contributed by atoms with Gasteiger partial charge in [0.25, 0.3) is 0 Å². The summed E-state index contributed by atoms with van der Waals surface area (Å²) in [4.78, 5) is 0. The highest BCUT2D eigenvalue weighted by Gasteiger charge is 1.96. The molecule has 0 aliphatic rings. The van der Waals surface area contributed by atoms with Crippen molar-refractivity contribution >= 4 is 0 Å². The Morgan fingerprint density at radius 1 is 1.08 bits per heavy atom. The zero-order valence-corrected chi connectivity index (χ0v) is 7.36. The second-order valence-corrected chi connectivity index (χ2v) is 2.99. The highest BCUT2D eigenvalue weighted by molar-refractivity contribution is 5.15. The molecule has 1 aromatic carbocycles. The first-order valence-corrected chi connectivity index (χ1v) is 4.42. The minimum atomic E-state index is 0.969. The van der Waals surface area contributed by atoms with Crippen molar-refractivity contribution in [1.29, 1.82) is 0 Å². The van der Waals surface area contributed by atoms with Crippen molar-refractivity contribution in [1.82, 2.24) is 0 Å². The molecule has 0 bridgehead atoms. The van der Waals surface area contributed by atoms with Crippen molar-refractivity contribution in [3.8, 4) is 0 Å². The molecular weight excluding hydrogens is 160 g/mol. The summed E-state index contributed by atoms with van der Waals surface area (Å²) < 4.78 is 5.25. The summed E-state index contributed by atoms with van der Waals surface area (Å²) in [5.74, 6) is 1.05. The third-order valence-corrected chi connectivity index (χ3v) is 2.03. The lowest BCUT2D eigenvalue weighted by Gasteiger charge is -1.97. The highest BCUT2D eigenvalue weighted by Crippen LogP contribution is 2.06. The monoisotopic (exact) mass is 171 g/mol. The lowest BCUT2D eigenvalue weighted by Crippen LogP contribution is -1.88. The molecule has 2 aromatic rings. The molecule has 65 valence electrons. The van der Waals surface area contributed by atoms with Crippen molar-refractivity contribution in [2.75, 3.05) is 0 Å². The fourth-order valence-corrected chi connectivity index (χ4v) is 1.31. The first-order valence-electron chi connectivity index (χ1n) is 4.42. The van der Waals surface area contributed by atoms with Gasteiger partial charge in [-0.1, -0.05) is 24.3 Å². The number of hydrogen-bond acceptors (Lipinski definition) is 1. The van der Waals surface area contributed by atoms with Crippen LogP contribution in [0.1, 0.15) is 11.3 Å². The second-order valence-electron chi connectivity index (χ2n) is 2.99. The normalized spacial score (nSPS) is 10.2. The van der Waals surface area contributed by atoms with Crippen LogP contribution in [-0.2, 0) is 12.8 Å². The lowest BCUT2D eigenvalue weighted by molar-refractivity contribution is 0.508. The van der Waals surface area contributed by atoms with Gasteiger partial charge in [-0.15, -0.1) is 0 Å². The first kappa shape index (κ1) is 8.11. The maximum Gasteiger partial charge on any atom is 0.104 e. The molecule has 0 N–H and O–H groups in total. The Balaban J connectivity index is 1.94. The number of aryl methyl sites for hydroxylation is 2. The third-order valence-electron chi connectivity index (χ3n) is 2.03. The van der Waals surface area contributed by atoms with E-state index in [-0.39, 0.29) is 0 Å². The predicted octanol–water partition coefficient (Wildman–Crippen LogP) is 2.86. The quantitative estimate of drug-likeness (QED) is 0.692. The van der Waals surface area contributed by atoms with E-state index in [2.05, 4.69) is 18.2 Å². The topological polar surface area (TPSA) is 13.1 Å². The van der Waals surface area contributed by atoms with E-state index in [4.69, 9.17) is 4.42 Å². The first-order chi connectivity index (χ1) is 6.45. The molecule has 0 spiro atoms. The largest absolute Gasteiger partial charge is 0.469 e. The van der Waals surface area contributed by atoms with E-state index in [1.807, 2.05) is 24.3 Å². The van der Waals surface area contributed by atoms with Crippen LogP contribution in [0.5, 0.6) is 0 Å². The average molecular weight is 171 g/mol. The van der Waals surface area contributed by atoms with E-state index in [1.165, 1.54) is 5.56 Å². The van der Waals surface area contributed by atoms with Gasteiger partial charge in [-0.05, 0) is 30.2 Å². The molecule has 0 saturated heterocycles. The summed E-state index contributed by atoms with van der Waals surface area (Å²) in [6, 6.07) is 15.0. The third kappa shape index (κ3) is 2.22. The van der Waals surface area contributed by atoms with Crippen molar-refractivity contribution < 1.29 is 4.42 Å². The van der Waals surface area contributed by atoms with Crippen LogP contribution in [0.25, 0.3) is 0 Å². The highest BCUT2D eigenvalue weighted by atomic mass is 16.3. The molecule has 2 rings (SSSR count). The molecule has 0 saturated carbocycles. The standard InChI is InChI=1S/C12H11O/c1-2-5-11(6-3-1)8-9-12-7-4-10-13-12/h2-7,10H,8-9H2. The van der Waals surface area contributed by atoms with Gasteiger partial charge in [0.1, 0.15) is 5.76 Å². The Morgan fingerprint density at radius 3 is 2.62 bits per heavy atom. The van der Waals surface area contributed by atoms with E-state index in [9.17, 15) is 0 Å². The number of furan rings is 1. The summed E-state index contributed by atoms with van der Waals surface area (Å²) in [5.41, 5.74) is 1.33. The summed E-state index contributed by atoms with van der Waals surface area (Å²) in [6.07, 6.45) is 3.72.